The molecule has 2 aromatic heterocycles. The number of aryl methyl sites for hydroxylation is 3. The summed E-state index contributed by atoms with van der Waals surface area (Å²) >= 11 is 3.16. The van der Waals surface area contributed by atoms with Crippen LogP contribution in [0.3, 0.4) is 0 Å². The highest BCUT2D eigenvalue weighted by Crippen LogP contribution is 2.36. The van der Waals surface area contributed by atoms with Gasteiger partial charge in [-0.1, -0.05) is 11.8 Å². The van der Waals surface area contributed by atoms with Gasteiger partial charge < -0.3 is 10.1 Å². The minimum atomic E-state index is -0.214. The number of thioether (sulfide) groups is 1. The van der Waals surface area contributed by atoms with Crippen molar-refractivity contribution in [3.05, 3.63) is 16.3 Å². The van der Waals surface area contributed by atoms with E-state index in [1.807, 2.05) is 13.8 Å². The summed E-state index contributed by atoms with van der Waals surface area (Å²) in [6.07, 6.45) is 0. The Kier molecular flexibility index (Phi) is 5.77. The van der Waals surface area contributed by atoms with Gasteiger partial charge >= 0.3 is 0 Å². The summed E-state index contributed by atoms with van der Waals surface area (Å²) in [4.78, 5) is 23.4. The molecular weight excluding hydrogens is 318 g/mol. The molecule has 0 bridgehead atoms. The van der Waals surface area contributed by atoms with Crippen LogP contribution in [0.2, 0.25) is 0 Å². The van der Waals surface area contributed by atoms with Gasteiger partial charge in [0.2, 0.25) is 5.91 Å². The molecule has 0 spiro atoms. The van der Waals surface area contributed by atoms with Crippen LogP contribution in [0.4, 0.5) is 0 Å². The molecule has 2 aromatic rings. The number of aromatic nitrogens is 2. The van der Waals surface area contributed by atoms with Crippen molar-refractivity contribution in [1.82, 2.24) is 15.3 Å². The van der Waals surface area contributed by atoms with Gasteiger partial charge in [0, 0.05) is 23.9 Å². The largest absolute Gasteiger partial charge is 0.383 e. The Labute approximate surface area is 138 Å². The summed E-state index contributed by atoms with van der Waals surface area (Å²) in [7, 11) is 1.62. The molecule has 22 heavy (non-hydrogen) atoms. The van der Waals surface area contributed by atoms with Gasteiger partial charge in [-0.05, 0) is 33.3 Å². The van der Waals surface area contributed by atoms with Crippen LogP contribution in [-0.4, -0.2) is 41.4 Å². The van der Waals surface area contributed by atoms with Crippen LogP contribution in [0.25, 0.3) is 10.2 Å². The van der Waals surface area contributed by atoms with E-state index < -0.39 is 0 Å². The Balaban J connectivity index is 2.22. The van der Waals surface area contributed by atoms with Gasteiger partial charge in [0.25, 0.3) is 0 Å². The number of hydrogen-bond donors (Lipinski definition) is 1. The molecule has 0 aliphatic rings. The highest BCUT2D eigenvalue weighted by atomic mass is 32.2. The third kappa shape index (κ3) is 3.77. The quantitative estimate of drug-likeness (QED) is 0.498. The molecule has 0 unspecified atom stereocenters. The number of fused-ring (bicyclic) bond motifs is 1. The lowest BCUT2D eigenvalue weighted by Crippen LogP contribution is -2.33. The van der Waals surface area contributed by atoms with E-state index in [-0.39, 0.29) is 11.2 Å². The number of nitrogens with zero attached hydrogens (tertiary/aromatic N) is 2. The van der Waals surface area contributed by atoms with Crippen LogP contribution >= 0.6 is 23.1 Å². The average molecular weight is 339 g/mol. The highest BCUT2D eigenvalue weighted by Gasteiger charge is 2.19. The zero-order chi connectivity index (χ0) is 16.3. The molecule has 120 valence electrons. The van der Waals surface area contributed by atoms with Crippen molar-refractivity contribution in [3.8, 4) is 0 Å². The van der Waals surface area contributed by atoms with Crippen LogP contribution in [0.15, 0.2) is 5.03 Å². The SMILES string of the molecule is COCCNC(=O)[C@H](C)Sc1nc(C)nc2sc(C)c(C)c12. The molecule has 2 rings (SSSR count). The molecule has 1 N–H and O–H groups in total. The van der Waals surface area contributed by atoms with Crippen molar-refractivity contribution in [2.45, 2.75) is 38.0 Å². The van der Waals surface area contributed by atoms with Gasteiger partial charge in [-0.3, -0.25) is 4.79 Å². The lowest BCUT2D eigenvalue weighted by molar-refractivity contribution is -0.120. The van der Waals surface area contributed by atoms with E-state index in [2.05, 4.69) is 29.1 Å². The summed E-state index contributed by atoms with van der Waals surface area (Å²) in [5, 5.41) is 4.61. The minimum Gasteiger partial charge on any atom is -0.383 e. The maximum atomic E-state index is 12.1. The van der Waals surface area contributed by atoms with Gasteiger partial charge in [-0.15, -0.1) is 11.3 Å². The second-order valence-electron chi connectivity index (χ2n) is 5.08. The number of carbonyl (C=O) groups is 1. The molecule has 0 saturated heterocycles. The van der Waals surface area contributed by atoms with Crippen molar-refractivity contribution in [1.29, 1.82) is 0 Å². The smallest absolute Gasteiger partial charge is 0.233 e. The summed E-state index contributed by atoms with van der Waals surface area (Å²) < 4.78 is 4.94. The number of thiophene rings is 1. The molecule has 2 heterocycles. The van der Waals surface area contributed by atoms with Crippen LogP contribution in [0.1, 0.15) is 23.2 Å². The monoisotopic (exact) mass is 339 g/mol. The Morgan fingerprint density at radius 1 is 1.36 bits per heavy atom. The van der Waals surface area contributed by atoms with E-state index in [1.54, 1.807) is 18.4 Å². The minimum absolute atomic E-state index is 0.00364. The fraction of sp³-hybridized carbons (Fsp3) is 0.533. The summed E-state index contributed by atoms with van der Waals surface area (Å²) in [6.45, 7) is 8.99. The Bertz CT molecular complexity index is 685. The first-order valence-electron chi connectivity index (χ1n) is 7.11. The van der Waals surface area contributed by atoms with Crippen molar-refractivity contribution < 1.29 is 9.53 Å². The van der Waals surface area contributed by atoms with Gasteiger partial charge in [-0.25, -0.2) is 9.97 Å². The molecule has 7 heteroatoms. The third-order valence-corrected chi connectivity index (χ3v) is 5.56. The number of amides is 1. The lowest BCUT2D eigenvalue weighted by Gasteiger charge is -2.12. The maximum Gasteiger partial charge on any atom is 0.233 e. The normalized spacial score (nSPS) is 12.6. The first-order valence-corrected chi connectivity index (χ1v) is 8.81. The van der Waals surface area contributed by atoms with Gasteiger partial charge in [0.05, 0.1) is 11.9 Å². The van der Waals surface area contributed by atoms with Gasteiger partial charge in [-0.2, -0.15) is 0 Å². The number of methoxy groups -OCH3 is 1. The standard InChI is InChI=1S/C15H21N3O2S2/c1-8-9(2)21-14-12(8)15(18-11(4)17-14)22-10(3)13(19)16-6-7-20-5/h10H,6-7H2,1-5H3,(H,16,19)/t10-/m0/s1. The number of nitrogens with one attached hydrogen (secondary N) is 1. The van der Waals surface area contributed by atoms with E-state index in [9.17, 15) is 4.79 Å². The Hall–Kier alpha value is -1.18. The topological polar surface area (TPSA) is 64.1 Å². The molecular formula is C15H21N3O2S2. The van der Waals surface area contributed by atoms with Crippen LogP contribution in [0.5, 0.6) is 0 Å². The molecule has 0 radical (unpaired) electrons. The first-order chi connectivity index (χ1) is 10.4. The van der Waals surface area contributed by atoms with E-state index >= 15 is 0 Å². The summed E-state index contributed by atoms with van der Waals surface area (Å²) in [5.74, 6) is 0.735. The fourth-order valence-corrected chi connectivity index (χ4v) is 4.26. The maximum absolute atomic E-state index is 12.1. The first kappa shape index (κ1) is 17.2. The second kappa shape index (κ2) is 7.39. The summed E-state index contributed by atoms with van der Waals surface area (Å²) in [6, 6.07) is 0. The van der Waals surface area contributed by atoms with Crippen LogP contribution in [0, 0.1) is 20.8 Å². The van der Waals surface area contributed by atoms with Crippen molar-refractivity contribution in [2.75, 3.05) is 20.3 Å². The van der Waals surface area contributed by atoms with Crippen molar-refractivity contribution in [3.63, 3.8) is 0 Å². The fourth-order valence-electron chi connectivity index (χ4n) is 2.04. The molecule has 0 aliphatic heterocycles. The van der Waals surface area contributed by atoms with Gasteiger partial charge in [0.15, 0.2) is 0 Å². The molecule has 5 nitrogen and oxygen atoms in total. The van der Waals surface area contributed by atoms with E-state index in [1.165, 1.54) is 22.2 Å². The van der Waals surface area contributed by atoms with Crippen molar-refractivity contribution >= 4 is 39.2 Å². The number of carbonyl (C=O) groups excluding carboxylic acids is 1. The highest BCUT2D eigenvalue weighted by molar-refractivity contribution is 8.00. The third-order valence-electron chi connectivity index (χ3n) is 3.37. The Morgan fingerprint density at radius 3 is 2.77 bits per heavy atom. The molecule has 1 atom stereocenters. The van der Waals surface area contributed by atoms with Crippen LogP contribution < -0.4 is 5.32 Å². The summed E-state index contributed by atoms with van der Waals surface area (Å²) in [5.41, 5.74) is 1.20. The van der Waals surface area contributed by atoms with Gasteiger partial charge in [0.1, 0.15) is 15.7 Å². The number of ether oxygens (including phenoxy) is 1. The molecule has 0 aliphatic carbocycles. The number of rotatable bonds is 6. The second-order valence-corrected chi connectivity index (χ2v) is 7.62. The zero-order valence-corrected chi connectivity index (χ0v) is 15.2. The molecule has 0 aromatic carbocycles. The lowest BCUT2D eigenvalue weighted by atomic mass is 10.2. The number of hydrogen-bond acceptors (Lipinski definition) is 6. The molecule has 1 amide bonds. The predicted octanol–water partition coefficient (Wildman–Crippen LogP) is 2.86. The predicted molar refractivity (Wildman–Crippen MR) is 91.8 cm³/mol. The van der Waals surface area contributed by atoms with E-state index in [0.717, 1.165) is 21.1 Å². The molecule has 0 fully saturated rings. The van der Waals surface area contributed by atoms with Crippen molar-refractivity contribution in [2.24, 2.45) is 0 Å². The van der Waals surface area contributed by atoms with E-state index in [0.29, 0.717) is 13.2 Å². The van der Waals surface area contributed by atoms with Crippen LogP contribution in [-0.2, 0) is 9.53 Å². The average Bonchev–Trinajstić information content (AvgIpc) is 2.73. The Morgan fingerprint density at radius 2 is 2.09 bits per heavy atom. The zero-order valence-electron chi connectivity index (χ0n) is 13.5. The molecule has 0 saturated carbocycles. The van der Waals surface area contributed by atoms with E-state index in [4.69, 9.17) is 4.74 Å².